The van der Waals surface area contributed by atoms with Gasteiger partial charge >= 0.3 is 0 Å². The number of allylic oxidation sites excluding steroid dienone is 8. The van der Waals surface area contributed by atoms with Gasteiger partial charge < -0.3 is 97.0 Å². The van der Waals surface area contributed by atoms with Crippen LogP contribution in [-0.4, -0.2) is 34.0 Å². The van der Waals surface area contributed by atoms with Crippen molar-refractivity contribution in [3.05, 3.63) is 97.0 Å². The predicted molar refractivity (Wildman–Crippen MR) is 241 cm³/mol. The van der Waals surface area contributed by atoms with Crippen molar-refractivity contribution in [3.8, 4) is 0 Å². The second-order valence-electron chi connectivity index (χ2n) is 14.4. The van der Waals surface area contributed by atoms with E-state index in [1.165, 1.54) is 72.1 Å². The Bertz CT molecular complexity index is 1160. The molecular weight excluding hydrogens is 1040 g/mol. The van der Waals surface area contributed by atoms with E-state index in [9.17, 15) is 0 Å². The number of rotatable bonds is 9. The van der Waals surface area contributed by atoms with Crippen LogP contribution in [0.1, 0.15) is 145 Å². The van der Waals surface area contributed by atoms with Crippen molar-refractivity contribution in [2.75, 3.05) is 0 Å². The van der Waals surface area contributed by atoms with Crippen molar-refractivity contribution in [1.29, 1.82) is 0 Å². The van der Waals surface area contributed by atoms with Crippen LogP contribution in [0.15, 0.2) is 44.6 Å². The Morgan fingerprint density at radius 1 is 0.585 bits per heavy atom. The molecule has 3 saturated heterocycles. The molecule has 4 radical (unpaired) electrons. The maximum Gasteiger partial charge on any atom is 0 e. The minimum Gasteiger partial charge on any atom is -0.394 e. The first-order valence-electron chi connectivity index (χ1n) is 21.8. The quantitative estimate of drug-likeness (QED) is 0.123. The van der Waals surface area contributed by atoms with E-state index in [-0.39, 0.29) is 147 Å². The molecule has 9 heteroatoms. The fourth-order valence-corrected chi connectivity index (χ4v) is 13.4. The van der Waals surface area contributed by atoms with Crippen molar-refractivity contribution in [1.82, 2.24) is 0 Å². The van der Waals surface area contributed by atoms with Crippen LogP contribution in [0.25, 0.3) is 0 Å². The third-order valence-electron chi connectivity index (χ3n) is 8.50. The smallest absolute Gasteiger partial charge is 0 e. The van der Waals surface area contributed by atoms with Crippen molar-refractivity contribution >= 4 is 42.9 Å². The molecule has 0 N–H and O–H groups in total. The Morgan fingerprint density at radius 2 is 0.887 bits per heavy atom. The molecule has 0 aliphatic carbocycles. The van der Waals surface area contributed by atoms with E-state index in [0.29, 0.717) is 44.4 Å². The maximum atomic E-state index is 7.83. The second-order valence-corrected chi connectivity index (χ2v) is 23.9. The van der Waals surface area contributed by atoms with Gasteiger partial charge in [-0.3, -0.25) is 0 Å². The molecule has 3 heterocycles. The summed E-state index contributed by atoms with van der Waals surface area (Å²) in [7, 11) is 5.17. The van der Waals surface area contributed by atoms with Crippen LogP contribution in [-0.2, 0) is 131 Å². The molecule has 0 aromatic rings. The molecule has 3 aliphatic heterocycles. The van der Waals surface area contributed by atoms with Gasteiger partial charge in [0.25, 0.3) is 0 Å². The van der Waals surface area contributed by atoms with Gasteiger partial charge in [0.05, 0.1) is 0 Å². The van der Waals surface area contributed by atoms with E-state index < -0.39 is 0 Å². The fraction of sp³-hybridized carbons (Fsp3) is 0.636. The molecule has 0 bridgehead atoms. The first-order valence-corrected chi connectivity index (χ1v) is 23.1. The normalized spacial score (nSPS) is 29.9. The average molecular weight is 1130 g/mol. The molecule has 8 unspecified atom stereocenters. The minimum atomic E-state index is -0.316. The summed E-state index contributed by atoms with van der Waals surface area (Å²) in [5.74, 6) is 1.77. The van der Waals surface area contributed by atoms with Gasteiger partial charge in [0.1, 0.15) is 0 Å². The van der Waals surface area contributed by atoms with E-state index in [1.807, 2.05) is 13.1 Å². The summed E-state index contributed by atoms with van der Waals surface area (Å²) in [5, 5.41) is 3.26. The first kappa shape index (κ1) is 53.6. The molecule has 0 aromatic carbocycles. The number of hydrogen-bond acceptors (Lipinski definition) is 0. The topological polar surface area (TPSA) is 0 Å². The molecule has 0 aromatic heterocycles. The standard InChI is InChI=1S/C16H26P2.C8H18.C6H13P.C6H8.C4H6P2.C4H4.4Y/c1-11-7-8-12(2)17(11)15(5)16(6)18-13(3)9-10-14(18)4;1-7(2)5-6-8(3)4;1-5-3-4-6(2)7-5;1-5(2)6(3)4;1-3(5)4(2)6;1-3-4-2;;;;/h5-6,11-14H,7-10H2,1-4H3;7-8H,5-6H2,1-4H3;5-7H,3-4H2,1-2H3;1,3H,2,4H3;1-2H,5-6H2;1-4H;;;;/q-2;;;3*-2;;;;/i5T,6T;;;1T,3T;2*1T,2T;;;;. The Kier molecular flexibility index (Phi) is 43.7. The van der Waals surface area contributed by atoms with Crippen molar-refractivity contribution in [2.45, 2.75) is 168 Å². The number of hydrogen-bond donors (Lipinski definition) is 0. The van der Waals surface area contributed by atoms with Gasteiger partial charge in [0, 0.05) is 131 Å². The maximum absolute atomic E-state index is 7.83. The van der Waals surface area contributed by atoms with Gasteiger partial charge in [-0.15, -0.1) is 33.4 Å². The van der Waals surface area contributed by atoms with Gasteiger partial charge in [0.15, 0.2) is 0 Å². The molecule has 8 atom stereocenters. The molecule has 0 spiro atoms. The summed E-state index contributed by atoms with van der Waals surface area (Å²) in [6, 6.07) is 0. The van der Waals surface area contributed by atoms with Crippen molar-refractivity contribution in [3.63, 3.8) is 0 Å². The first-order chi connectivity index (χ1) is 26.8. The Hall–Kier alpha value is 4.49. The Labute approximate surface area is 455 Å². The van der Waals surface area contributed by atoms with Crippen LogP contribution in [0.2, 0.25) is 0 Å². The summed E-state index contributed by atoms with van der Waals surface area (Å²) >= 11 is 0. The zero-order valence-corrected chi connectivity index (χ0v) is 51.7. The van der Waals surface area contributed by atoms with Gasteiger partial charge in [-0.2, -0.15) is 15.8 Å². The Balaban J connectivity index is -0.000000122. The van der Waals surface area contributed by atoms with Crippen LogP contribution >= 0.6 is 42.9 Å². The molecule has 0 amide bonds. The molecule has 0 nitrogen and oxygen atoms in total. The van der Waals surface area contributed by atoms with Gasteiger partial charge in [0.2, 0.25) is 0 Å². The third kappa shape index (κ3) is 39.1. The summed E-state index contributed by atoms with van der Waals surface area (Å²) < 4.78 is 54.5. The molecular formula is C44H75P5Y4-8. The molecule has 0 saturated carbocycles. The van der Waals surface area contributed by atoms with E-state index in [0.717, 1.165) is 33.8 Å². The van der Waals surface area contributed by atoms with E-state index in [2.05, 4.69) is 127 Å². The van der Waals surface area contributed by atoms with Crippen LogP contribution in [0.4, 0.5) is 0 Å². The van der Waals surface area contributed by atoms with Crippen LogP contribution in [0, 0.1) is 64.3 Å². The third-order valence-corrected chi connectivity index (χ3v) is 17.7. The zero-order valence-electron chi connectivity index (χ0n) is 43.3. The summed E-state index contributed by atoms with van der Waals surface area (Å²) in [6.45, 7) is 44.6. The van der Waals surface area contributed by atoms with E-state index in [4.69, 9.17) is 11.0 Å². The van der Waals surface area contributed by atoms with Crippen molar-refractivity contribution in [2.24, 2.45) is 11.8 Å². The summed E-state index contributed by atoms with van der Waals surface area (Å²) in [4.78, 5) is 0. The molecule has 3 rings (SSSR count). The largest absolute Gasteiger partial charge is 0.394 e. The van der Waals surface area contributed by atoms with Gasteiger partial charge in [-0.1, -0.05) is 82.1 Å². The monoisotopic (exact) mass is 1130 g/mol. The second kappa shape index (κ2) is 43.1. The van der Waals surface area contributed by atoms with Crippen LogP contribution < -0.4 is 0 Å². The van der Waals surface area contributed by atoms with Crippen LogP contribution in [0.3, 0.4) is 0 Å². The van der Waals surface area contributed by atoms with E-state index in [1.54, 1.807) is 13.8 Å². The molecule has 3 fully saturated rings. The summed E-state index contributed by atoms with van der Waals surface area (Å²) in [5.41, 5.74) is 6.16. The molecule has 3 aliphatic rings. The van der Waals surface area contributed by atoms with Gasteiger partial charge in [-0.05, 0) is 84.3 Å². The minimum absolute atomic E-state index is 0. The fourth-order valence-electron chi connectivity index (χ4n) is 5.34. The summed E-state index contributed by atoms with van der Waals surface area (Å²) in [6.07, 6.45) is 13.4. The van der Waals surface area contributed by atoms with E-state index >= 15 is 0 Å². The zero-order chi connectivity index (χ0) is 44.7. The molecule has 296 valence electrons. The SMILES string of the molecule is CC(C)CCC(C)C.CC1CCC(C)P1.[3H][C-]=C(C(=[C-][3H])P1C(C)CCC1C)P1C(C)CCC1C.[3H][C-]=C(C)C(C)=[C-][3H].[3H][C-]=C(P)C(P)=[C-][3H].[3H][C-]=CC=[C-][3H].[Y].[Y].[Y].[Y]. The van der Waals surface area contributed by atoms with Gasteiger partial charge in [-0.25, -0.2) is 18.5 Å². The molecule has 53 heavy (non-hydrogen) atoms. The van der Waals surface area contributed by atoms with Crippen molar-refractivity contribution < 1.29 is 142 Å². The van der Waals surface area contributed by atoms with Crippen LogP contribution in [0.5, 0.6) is 0 Å². The Morgan fingerprint density at radius 3 is 1.06 bits per heavy atom. The average Bonchev–Trinajstić information content (AvgIpc) is 3.86. The predicted octanol–water partition coefficient (Wildman–Crippen LogP) is 15.1.